The van der Waals surface area contributed by atoms with Crippen LogP contribution in [0.4, 0.5) is 0 Å². The van der Waals surface area contributed by atoms with Crippen LogP contribution in [0.1, 0.15) is 55.1 Å². The van der Waals surface area contributed by atoms with Crippen LogP contribution in [-0.2, 0) is 16.1 Å². The fourth-order valence-corrected chi connectivity index (χ4v) is 4.96. The van der Waals surface area contributed by atoms with Crippen molar-refractivity contribution < 1.29 is 9.59 Å². The van der Waals surface area contributed by atoms with E-state index in [0.29, 0.717) is 25.3 Å². The lowest BCUT2D eigenvalue weighted by atomic mass is 9.87. The Labute approximate surface area is 122 Å². The molecule has 106 valence electrons. The number of carbonyl (C=O) groups is 2. The van der Waals surface area contributed by atoms with Crippen molar-refractivity contribution in [2.45, 2.75) is 51.0 Å². The summed E-state index contributed by atoms with van der Waals surface area (Å²) in [6, 6.07) is 0. The molecule has 0 radical (unpaired) electrons. The molecule has 3 atom stereocenters. The molecular formula is C15H18N2O2S. The minimum atomic E-state index is -0.0494. The van der Waals surface area contributed by atoms with Gasteiger partial charge in [-0.25, -0.2) is 4.98 Å². The molecule has 4 rings (SSSR count). The molecule has 1 saturated heterocycles. The van der Waals surface area contributed by atoms with Gasteiger partial charge >= 0.3 is 0 Å². The minimum absolute atomic E-state index is 0.0494. The van der Waals surface area contributed by atoms with E-state index in [0.717, 1.165) is 16.8 Å². The van der Waals surface area contributed by atoms with Crippen LogP contribution in [0.2, 0.25) is 0 Å². The molecule has 2 heterocycles. The van der Waals surface area contributed by atoms with E-state index in [-0.39, 0.29) is 11.8 Å². The van der Waals surface area contributed by atoms with Gasteiger partial charge in [0.25, 0.3) is 0 Å². The lowest BCUT2D eigenvalue weighted by molar-refractivity contribution is -0.139. The monoisotopic (exact) mass is 290 g/mol. The number of hydrogen-bond acceptors (Lipinski definition) is 4. The Morgan fingerprint density at radius 3 is 2.65 bits per heavy atom. The highest BCUT2D eigenvalue weighted by atomic mass is 32.1. The summed E-state index contributed by atoms with van der Waals surface area (Å²) in [5, 5.41) is 3.05. The van der Waals surface area contributed by atoms with Crippen LogP contribution in [0.25, 0.3) is 0 Å². The minimum Gasteiger partial charge on any atom is -0.276 e. The number of likely N-dealkylation sites (tertiary alicyclic amines) is 1. The quantitative estimate of drug-likeness (QED) is 0.804. The van der Waals surface area contributed by atoms with Crippen LogP contribution in [-0.4, -0.2) is 21.7 Å². The Morgan fingerprint density at radius 1 is 1.20 bits per heavy atom. The Bertz CT molecular complexity index is 552. The van der Waals surface area contributed by atoms with Crippen molar-refractivity contribution in [2.75, 3.05) is 0 Å². The van der Waals surface area contributed by atoms with Gasteiger partial charge in [0, 0.05) is 24.1 Å². The average molecular weight is 290 g/mol. The molecule has 1 aliphatic heterocycles. The number of imide groups is 1. The lowest BCUT2D eigenvalue weighted by Crippen LogP contribution is -2.28. The summed E-state index contributed by atoms with van der Waals surface area (Å²) in [6.07, 6.45) is 6.14. The van der Waals surface area contributed by atoms with E-state index >= 15 is 0 Å². The summed E-state index contributed by atoms with van der Waals surface area (Å²) >= 11 is 1.60. The molecular weight excluding hydrogens is 272 g/mol. The van der Waals surface area contributed by atoms with Gasteiger partial charge in [0.15, 0.2) is 0 Å². The van der Waals surface area contributed by atoms with Gasteiger partial charge in [-0.3, -0.25) is 14.5 Å². The normalized spacial score (nSPS) is 32.6. The van der Waals surface area contributed by atoms with E-state index < -0.39 is 0 Å². The van der Waals surface area contributed by atoms with Gasteiger partial charge in [-0.2, -0.15) is 0 Å². The zero-order chi connectivity index (χ0) is 13.7. The topological polar surface area (TPSA) is 50.3 Å². The summed E-state index contributed by atoms with van der Waals surface area (Å²) in [6.45, 7) is 0.378. The first-order valence-corrected chi connectivity index (χ1v) is 8.36. The molecule has 2 saturated carbocycles. The van der Waals surface area contributed by atoms with Crippen LogP contribution in [0, 0.1) is 11.8 Å². The Hall–Kier alpha value is -1.23. The van der Waals surface area contributed by atoms with Crippen molar-refractivity contribution in [3.05, 3.63) is 16.1 Å². The first-order chi connectivity index (χ1) is 9.70. The van der Waals surface area contributed by atoms with Gasteiger partial charge in [-0.1, -0.05) is 6.42 Å². The summed E-state index contributed by atoms with van der Waals surface area (Å²) in [4.78, 5) is 29.4. The van der Waals surface area contributed by atoms with Gasteiger partial charge in [0.2, 0.25) is 11.8 Å². The van der Waals surface area contributed by atoms with Crippen molar-refractivity contribution in [1.29, 1.82) is 0 Å². The molecule has 1 aromatic rings. The predicted molar refractivity (Wildman–Crippen MR) is 75.1 cm³/mol. The molecule has 1 aromatic heterocycles. The molecule has 3 unspecified atom stereocenters. The number of fused-ring (bicyclic) bond motifs is 2. The van der Waals surface area contributed by atoms with Crippen LogP contribution >= 0.6 is 11.3 Å². The van der Waals surface area contributed by atoms with Crippen LogP contribution in [0.3, 0.4) is 0 Å². The maximum absolute atomic E-state index is 11.6. The first kappa shape index (κ1) is 12.5. The van der Waals surface area contributed by atoms with Crippen LogP contribution in [0.15, 0.2) is 5.38 Å². The molecule has 0 N–H and O–H groups in total. The van der Waals surface area contributed by atoms with E-state index in [1.54, 1.807) is 11.3 Å². The largest absolute Gasteiger partial charge is 0.276 e. The van der Waals surface area contributed by atoms with Crippen molar-refractivity contribution in [2.24, 2.45) is 11.8 Å². The summed E-state index contributed by atoms with van der Waals surface area (Å²) in [5.74, 6) is 2.27. The summed E-state index contributed by atoms with van der Waals surface area (Å²) in [7, 11) is 0. The summed E-state index contributed by atoms with van der Waals surface area (Å²) < 4.78 is 0. The number of nitrogens with zero attached hydrogens (tertiary/aromatic N) is 2. The molecule has 2 amide bonds. The fourth-order valence-electron chi connectivity index (χ4n) is 4.11. The Kier molecular flexibility index (Phi) is 2.91. The van der Waals surface area contributed by atoms with Crippen molar-refractivity contribution >= 4 is 23.2 Å². The molecule has 5 heteroatoms. The van der Waals surface area contributed by atoms with Gasteiger partial charge in [-0.05, 0) is 31.1 Å². The molecule has 3 aliphatic rings. The highest BCUT2D eigenvalue weighted by Gasteiger charge is 2.41. The highest BCUT2D eigenvalue weighted by molar-refractivity contribution is 7.09. The van der Waals surface area contributed by atoms with E-state index in [9.17, 15) is 9.59 Å². The van der Waals surface area contributed by atoms with Crippen molar-refractivity contribution in [3.63, 3.8) is 0 Å². The van der Waals surface area contributed by atoms with E-state index in [2.05, 4.69) is 5.38 Å². The molecule has 0 aromatic carbocycles. The molecule has 2 aliphatic carbocycles. The maximum Gasteiger partial charge on any atom is 0.230 e. The van der Waals surface area contributed by atoms with Crippen molar-refractivity contribution in [1.82, 2.24) is 9.88 Å². The molecule has 20 heavy (non-hydrogen) atoms. The van der Waals surface area contributed by atoms with E-state index in [1.807, 2.05) is 0 Å². The second-order valence-corrected chi connectivity index (χ2v) is 7.26. The number of carbonyl (C=O) groups excluding carboxylic acids is 2. The molecule has 2 bridgehead atoms. The van der Waals surface area contributed by atoms with Gasteiger partial charge in [-0.15, -0.1) is 11.3 Å². The third kappa shape index (κ3) is 1.99. The zero-order valence-corrected chi connectivity index (χ0v) is 12.2. The second kappa shape index (κ2) is 4.65. The third-order valence-electron chi connectivity index (χ3n) is 5.14. The smallest absolute Gasteiger partial charge is 0.230 e. The van der Waals surface area contributed by atoms with Gasteiger partial charge < -0.3 is 0 Å². The Balaban J connectivity index is 1.48. The second-order valence-electron chi connectivity index (χ2n) is 6.32. The van der Waals surface area contributed by atoms with Gasteiger partial charge in [0.05, 0.1) is 12.2 Å². The van der Waals surface area contributed by atoms with Gasteiger partial charge in [0.1, 0.15) is 5.01 Å². The van der Waals surface area contributed by atoms with E-state index in [1.165, 1.54) is 36.3 Å². The van der Waals surface area contributed by atoms with Crippen LogP contribution < -0.4 is 0 Å². The Morgan fingerprint density at radius 2 is 2.00 bits per heavy atom. The third-order valence-corrected chi connectivity index (χ3v) is 5.99. The fraction of sp³-hybridized carbons (Fsp3) is 0.667. The SMILES string of the molecule is O=C1CCC(=O)N1Cc1nc(C2CC3CCC2C3)cs1. The first-order valence-electron chi connectivity index (χ1n) is 7.48. The van der Waals surface area contributed by atoms with Crippen molar-refractivity contribution in [3.8, 4) is 0 Å². The standard InChI is InChI=1S/C15H18N2O2S/c18-14-3-4-15(19)17(14)7-13-16-12(8-20-13)11-6-9-1-2-10(11)5-9/h8-11H,1-7H2. The molecule has 3 fully saturated rings. The van der Waals surface area contributed by atoms with Crippen LogP contribution in [0.5, 0.6) is 0 Å². The highest BCUT2D eigenvalue weighted by Crippen LogP contribution is 2.52. The average Bonchev–Trinajstić information content (AvgIpc) is 3.19. The number of rotatable bonds is 3. The lowest BCUT2D eigenvalue weighted by Gasteiger charge is -2.19. The number of aromatic nitrogens is 1. The maximum atomic E-state index is 11.6. The predicted octanol–water partition coefficient (Wildman–Crippen LogP) is 2.70. The summed E-state index contributed by atoms with van der Waals surface area (Å²) in [5.41, 5.74) is 1.20. The number of thiazole rings is 1. The molecule has 0 spiro atoms. The zero-order valence-electron chi connectivity index (χ0n) is 11.4. The molecule has 4 nitrogen and oxygen atoms in total. The number of hydrogen-bond donors (Lipinski definition) is 0. The van der Waals surface area contributed by atoms with E-state index in [4.69, 9.17) is 4.98 Å². The number of amides is 2.